The van der Waals surface area contributed by atoms with Crippen molar-refractivity contribution < 1.29 is 0 Å². The molecule has 0 saturated heterocycles. The lowest BCUT2D eigenvalue weighted by atomic mass is 10.0. The van der Waals surface area contributed by atoms with Gasteiger partial charge in [0, 0.05) is 31.9 Å². The first-order valence-corrected chi connectivity index (χ1v) is 8.63. The number of aromatic nitrogens is 2. The van der Waals surface area contributed by atoms with Crippen LogP contribution in [-0.4, -0.2) is 33.6 Å². The molecule has 0 aliphatic heterocycles. The van der Waals surface area contributed by atoms with E-state index in [1.54, 1.807) is 0 Å². The lowest BCUT2D eigenvalue weighted by Crippen LogP contribution is -2.43. The maximum atomic E-state index is 6.19. The van der Waals surface area contributed by atoms with E-state index >= 15 is 0 Å². The molecule has 1 aromatic rings. The molecule has 1 saturated carbocycles. The summed E-state index contributed by atoms with van der Waals surface area (Å²) in [7, 11) is 0. The van der Waals surface area contributed by atoms with Crippen LogP contribution >= 0.6 is 0 Å². The van der Waals surface area contributed by atoms with Gasteiger partial charge >= 0.3 is 0 Å². The number of imidazole rings is 1. The fraction of sp³-hybridized carbons (Fsp3) is 0.824. The first-order chi connectivity index (χ1) is 10.2. The molecular weight excluding hydrogens is 260 g/mol. The van der Waals surface area contributed by atoms with Gasteiger partial charge in [-0.15, -0.1) is 0 Å². The average Bonchev–Trinajstić information content (AvgIpc) is 3.10. The summed E-state index contributed by atoms with van der Waals surface area (Å²) < 4.78 is 2.29. The van der Waals surface area contributed by atoms with Crippen LogP contribution in [0.1, 0.15) is 64.6 Å². The normalized spacial score (nSPS) is 18.0. The molecule has 1 fully saturated rings. The number of hydrogen-bond donors (Lipinski definition) is 1. The second-order valence-corrected chi connectivity index (χ2v) is 6.79. The van der Waals surface area contributed by atoms with Crippen molar-refractivity contribution in [2.45, 2.75) is 71.5 Å². The predicted octanol–water partition coefficient (Wildman–Crippen LogP) is 3.19. The monoisotopic (exact) mass is 292 g/mol. The smallest absolute Gasteiger partial charge is 0.0948 e. The predicted molar refractivity (Wildman–Crippen MR) is 88.1 cm³/mol. The van der Waals surface area contributed by atoms with Gasteiger partial charge in [0.2, 0.25) is 0 Å². The largest absolute Gasteiger partial charge is 0.333 e. The highest BCUT2D eigenvalue weighted by Crippen LogP contribution is 2.31. The fourth-order valence-electron chi connectivity index (χ4n) is 3.65. The van der Waals surface area contributed by atoms with Crippen LogP contribution in [0.2, 0.25) is 0 Å². The summed E-state index contributed by atoms with van der Waals surface area (Å²) >= 11 is 0. The van der Waals surface area contributed by atoms with Crippen LogP contribution in [0.25, 0.3) is 0 Å². The highest BCUT2D eigenvalue weighted by molar-refractivity contribution is 5.08. The van der Waals surface area contributed by atoms with E-state index in [9.17, 15) is 0 Å². The van der Waals surface area contributed by atoms with Crippen molar-refractivity contribution >= 4 is 0 Å². The molecule has 1 unspecified atom stereocenters. The number of hydrogen-bond acceptors (Lipinski definition) is 3. The van der Waals surface area contributed by atoms with Crippen LogP contribution in [0.15, 0.2) is 12.5 Å². The molecule has 0 spiro atoms. The molecule has 1 heterocycles. The van der Waals surface area contributed by atoms with E-state index in [1.807, 2.05) is 12.5 Å². The zero-order valence-corrected chi connectivity index (χ0v) is 14.0. The maximum Gasteiger partial charge on any atom is 0.0948 e. The van der Waals surface area contributed by atoms with Crippen LogP contribution in [0, 0.1) is 5.92 Å². The number of rotatable bonds is 8. The second-order valence-electron chi connectivity index (χ2n) is 6.79. The Morgan fingerprint density at radius 3 is 2.67 bits per heavy atom. The minimum Gasteiger partial charge on any atom is -0.333 e. The van der Waals surface area contributed by atoms with Gasteiger partial charge in [-0.1, -0.05) is 33.6 Å². The zero-order chi connectivity index (χ0) is 15.2. The zero-order valence-electron chi connectivity index (χ0n) is 14.0. The summed E-state index contributed by atoms with van der Waals surface area (Å²) in [5, 5.41) is 0. The Hall–Kier alpha value is -0.870. The summed E-state index contributed by atoms with van der Waals surface area (Å²) in [4.78, 5) is 7.05. The van der Waals surface area contributed by atoms with E-state index in [2.05, 4.69) is 35.2 Å². The minimum atomic E-state index is 0.310. The first-order valence-electron chi connectivity index (χ1n) is 8.63. The molecule has 0 radical (unpaired) electrons. The molecule has 1 atom stereocenters. The Kier molecular flexibility index (Phi) is 6.24. The molecule has 4 heteroatoms. The molecule has 0 amide bonds. The van der Waals surface area contributed by atoms with Crippen molar-refractivity contribution in [3.05, 3.63) is 18.2 Å². The van der Waals surface area contributed by atoms with Gasteiger partial charge in [-0.05, 0) is 25.2 Å². The van der Waals surface area contributed by atoms with Gasteiger partial charge < -0.3 is 10.3 Å². The molecule has 4 nitrogen and oxygen atoms in total. The van der Waals surface area contributed by atoms with E-state index in [4.69, 9.17) is 5.73 Å². The number of nitrogens with zero attached hydrogens (tertiary/aromatic N) is 3. The lowest BCUT2D eigenvalue weighted by molar-refractivity contribution is 0.116. The standard InChI is InChI=1S/C17H32N4/c1-4-9-20-13-19-11-17(20)16(10-18)21(12-14(2)3)15-7-5-6-8-15/h11,13-16H,4-10,12,18H2,1-3H3. The Morgan fingerprint density at radius 1 is 1.38 bits per heavy atom. The van der Waals surface area contributed by atoms with Gasteiger partial charge in [0.05, 0.1) is 18.1 Å². The van der Waals surface area contributed by atoms with Gasteiger partial charge in [-0.3, -0.25) is 4.90 Å². The van der Waals surface area contributed by atoms with Crippen LogP contribution in [0.5, 0.6) is 0 Å². The first kappa shape index (κ1) is 16.5. The van der Waals surface area contributed by atoms with E-state index in [0.29, 0.717) is 24.5 Å². The van der Waals surface area contributed by atoms with Crippen molar-refractivity contribution in [1.82, 2.24) is 14.5 Å². The summed E-state index contributed by atoms with van der Waals surface area (Å²) in [6, 6.07) is 1.01. The molecule has 21 heavy (non-hydrogen) atoms. The summed E-state index contributed by atoms with van der Waals surface area (Å²) in [5.74, 6) is 0.669. The molecule has 1 aliphatic carbocycles. The maximum absolute atomic E-state index is 6.19. The molecule has 2 N–H and O–H groups in total. The van der Waals surface area contributed by atoms with Gasteiger partial charge in [0.15, 0.2) is 0 Å². The molecule has 1 aliphatic rings. The third-order valence-corrected chi connectivity index (χ3v) is 4.54. The summed E-state index contributed by atoms with van der Waals surface area (Å²) in [5.41, 5.74) is 7.49. The fourth-order valence-corrected chi connectivity index (χ4v) is 3.65. The van der Waals surface area contributed by atoms with E-state index in [-0.39, 0.29) is 0 Å². The third-order valence-electron chi connectivity index (χ3n) is 4.54. The van der Waals surface area contributed by atoms with Gasteiger partial charge in [-0.25, -0.2) is 4.98 Å². The Balaban J connectivity index is 2.22. The molecule has 120 valence electrons. The molecule has 0 aromatic carbocycles. The van der Waals surface area contributed by atoms with E-state index in [0.717, 1.165) is 19.5 Å². The van der Waals surface area contributed by atoms with Crippen molar-refractivity contribution in [1.29, 1.82) is 0 Å². The quantitative estimate of drug-likeness (QED) is 0.800. The van der Waals surface area contributed by atoms with Crippen LogP contribution in [0.3, 0.4) is 0 Å². The van der Waals surface area contributed by atoms with E-state index < -0.39 is 0 Å². The van der Waals surface area contributed by atoms with Crippen molar-refractivity contribution in [2.24, 2.45) is 11.7 Å². The Labute approximate surface area is 129 Å². The lowest BCUT2D eigenvalue weighted by Gasteiger charge is -2.37. The Bertz CT molecular complexity index is 407. The average molecular weight is 292 g/mol. The summed E-state index contributed by atoms with van der Waals surface area (Å²) in [6.07, 6.45) is 10.5. The van der Waals surface area contributed by atoms with Crippen molar-refractivity contribution in [2.75, 3.05) is 13.1 Å². The highest BCUT2D eigenvalue weighted by atomic mass is 15.2. The molecule has 1 aromatic heterocycles. The molecule has 2 rings (SSSR count). The van der Waals surface area contributed by atoms with Crippen LogP contribution in [0.4, 0.5) is 0 Å². The SMILES string of the molecule is CCCn1cncc1C(CN)N(CC(C)C)C1CCCC1. The minimum absolute atomic E-state index is 0.310. The van der Waals surface area contributed by atoms with Crippen molar-refractivity contribution in [3.8, 4) is 0 Å². The van der Waals surface area contributed by atoms with Gasteiger partial charge in [0.25, 0.3) is 0 Å². The van der Waals surface area contributed by atoms with Crippen molar-refractivity contribution in [3.63, 3.8) is 0 Å². The Morgan fingerprint density at radius 2 is 2.10 bits per heavy atom. The molecular formula is C17H32N4. The second kappa shape index (κ2) is 7.95. The topological polar surface area (TPSA) is 47.1 Å². The number of aryl methyl sites for hydroxylation is 1. The van der Waals surface area contributed by atoms with Gasteiger partial charge in [-0.2, -0.15) is 0 Å². The number of nitrogens with two attached hydrogens (primary N) is 1. The highest BCUT2D eigenvalue weighted by Gasteiger charge is 2.30. The van der Waals surface area contributed by atoms with Crippen LogP contribution in [-0.2, 0) is 6.54 Å². The van der Waals surface area contributed by atoms with Crippen LogP contribution < -0.4 is 5.73 Å². The summed E-state index contributed by atoms with van der Waals surface area (Å²) in [6.45, 7) is 9.66. The van der Waals surface area contributed by atoms with Gasteiger partial charge in [0.1, 0.15) is 0 Å². The molecule has 0 bridgehead atoms. The third kappa shape index (κ3) is 4.07. The van der Waals surface area contributed by atoms with E-state index in [1.165, 1.54) is 31.4 Å².